The number of benzene rings is 1. The maximum Gasteiger partial charge on any atom is 0.399 e. The Labute approximate surface area is 160 Å². The van der Waals surface area contributed by atoms with Crippen LogP contribution < -0.4 is 0 Å². The molecule has 0 fully saturated rings. The minimum absolute atomic E-state index is 0.364. The highest BCUT2D eigenvalue weighted by atomic mass is 32.3. The van der Waals surface area contributed by atoms with Crippen LogP contribution in [-0.2, 0) is 25.2 Å². The van der Waals surface area contributed by atoms with Gasteiger partial charge in [0.25, 0.3) is 0 Å². The molecular weight excluding hydrogens is 348 g/mol. The minimum atomic E-state index is -3.90. The Morgan fingerprint density at radius 1 is 0.846 bits per heavy atom. The van der Waals surface area contributed by atoms with E-state index in [0.29, 0.717) is 6.42 Å². The fourth-order valence-electron chi connectivity index (χ4n) is 3.13. The van der Waals surface area contributed by atoms with Gasteiger partial charge in [0.15, 0.2) is 0 Å². The summed E-state index contributed by atoms with van der Waals surface area (Å²) in [5, 5.41) is 0. The summed E-state index contributed by atoms with van der Waals surface area (Å²) in [4.78, 5) is 0. The largest absolute Gasteiger partial charge is 0.399 e. The summed E-state index contributed by atoms with van der Waals surface area (Å²) in [6, 6.07) is 9.85. The molecule has 0 amide bonds. The Balaban J connectivity index is 2.26. The van der Waals surface area contributed by atoms with Gasteiger partial charge in [0.2, 0.25) is 0 Å². The van der Waals surface area contributed by atoms with Crippen LogP contribution >= 0.6 is 0 Å². The van der Waals surface area contributed by atoms with Crippen LogP contribution in [0.3, 0.4) is 0 Å². The van der Waals surface area contributed by atoms with Crippen LogP contribution in [0.5, 0.6) is 0 Å². The van der Waals surface area contributed by atoms with Crippen molar-refractivity contribution in [1.29, 1.82) is 0 Å². The molecular formula is C21H36O4S. The molecule has 0 aliphatic rings. The molecule has 26 heavy (non-hydrogen) atoms. The van der Waals surface area contributed by atoms with Crippen molar-refractivity contribution < 1.29 is 16.8 Å². The molecule has 1 aromatic rings. The highest BCUT2D eigenvalue weighted by Crippen LogP contribution is 2.17. The molecule has 0 bridgehead atoms. The van der Waals surface area contributed by atoms with Gasteiger partial charge < -0.3 is 0 Å². The van der Waals surface area contributed by atoms with E-state index >= 15 is 0 Å². The average Bonchev–Trinajstić information content (AvgIpc) is 2.63. The number of unbranched alkanes of at least 4 members (excludes halogenated alkanes) is 9. The quantitative estimate of drug-likeness (QED) is 0.337. The lowest BCUT2D eigenvalue weighted by Gasteiger charge is -2.16. The van der Waals surface area contributed by atoms with Gasteiger partial charge in [0.05, 0.1) is 13.2 Å². The fraction of sp³-hybridized carbons (Fsp3) is 0.714. The molecule has 0 saturated carbocycles. The Kier molecular flexibility index (Phi) is 12.6. The Morgan fingerprint density at radius 2 is 1.38 bits per heavy atom. The molecule has 0 aliphatic heterocycles. The topological polar surface area (TPSA) is 52.6 Å². The molecule has 0 radical (unpaired) electrons. The minimum Gasteiger partial charge on any atom is -0.252 e. The molecule has 0 heterocycles. The van der Waals surface area contributed by atoms with E-state index < -0.39 is 10.4 Å². The summed E-state index contributed by atoms with van der Waals surface area (Å²) in [5.74, 6) is 0. The van der Waals surface area contributed by atoms with E-state index in [-0.39, 0.29) is 6.10 Å². The van der Waals surface area contributed by atoms with Gasteiger partial charge in [-0.05, 0) is 12.0 Å². The molecule has 150 valence electrons. The molecule has 5 heteroatoms. The molecule has 0 spiro atoms. The lowest BCUT2D eigenvalue weighted by Crippen LogP contribution is -2.21. The smallest absolute Gasteiger partial charge is 0.252 e. The zero-order chi connectivity index (χ0) is 19.1. The fourth-order valence-corrected chi connectivity index (χ4v) is 3.70. The maximum absolute atomic E-state index is 11.6. The predicted molar refractivity (Wildman–Crippen MR) is 107 cm³/mol. The normalized spacial score (nSPS) is 13.0. The Hall–Kier alpha value is -0.910. The van der Waals surface area contributed by atoms with Gasteiger partial charge in [-0.15, -0.1) is 0 Å². The lowest BCUT2D eigenvalue weighted by atomic mass is 10.0. The number of rotatable bonds is 16. The van der Waals surface area contributed by atoms with Gasteiger partial charge in [-0.1, -0.05) is 101 Å². The van der Waals surface area contributed by atoms with E-state index in [2.05, 4.69) is 11.1 Å². The van der Waals surface area contributed by atoms with Gasteiger partial charge in [-0.3, -0.25) is 4.18 Å². The van der Waals surface area contributed by atoms with Crippen LogP contribution in [0.2, 0.25) is 0 Å². The molecule has 0 N–H and O–H groups in total. The van der Waals surface area contributed by atoms with Crippen LogP contribution in [0.1, 0.15) is 83.1 Å². The zero-order valence-corrected chi connectivity index (χ0v) is 17.3. The molecule has 1 unspecified atom stereocenters. The van der Waals surface area contributed by atoms with Gasteiger partial charge in [-0.25, -0.2) is 4.18 Å². The first-order chi connectivity index (χ1) is 12.6. The SMILES string of the molecule is CCCCCCCCCCCCC(Cc1ccccc1)OS(=O)(=O)OC. The second kappa shape index (κ2) is 14.2. The van der Waals surface area contributed by atoms with Crippen molar-refractivity contribution in [2.45, 2.75) is 90.1 Å². The van der Waals surface area contributed by atoms with E-state index in [1.54, 1.807) is 0 Å². The van der Waals surface area contributed by atoms with Crippen LogP contribution in [0, 0.1) is 0 Å². The standard InChI is InChI=1S/C21H36O4S/c1-3-4-5-6-7-8-9-10-11-15-18-21(25-26(22,23)24-2)19-20-16-13-12-14-17-20/h12-14,16-17,21H,3-11,15,18-19H2,1-2H3. The second-order valence-electron chi connectivity index (χ2n) is 6.95. The van der Waals surface area contributed by atoms with E-state index in [4.69, 9.17) is 4.18 Å². The predicted octanol–water partition coefficient (Wildman–Crippen LogP) is 5.82. The summed E-state index contributed by atoms with van der Waals surface area (Å²) in [5.41, 5.74) is 1.08. The third-order valence-corrected chi connectivity index (χ3v) is 5.56. The van der Waals surface area contributed by atoms with E-state index in [9.17, 15) is 8.42 Å². The summed E-state index contributed by atoms with van der Waals surface area (Å²) in [6.45, 7) is 2.24. The maximum atomic E-state index is 11.6. The first kappa shape index (κ1) is 23.1. The van der Waals surface area contributed by atoms with Gasteiger partial charge in [0, 0.05) is 6.42 Å². The third-order valence-electron chi connectivity index (χ3n) is 4.64. The molecule has 1 atom stereocenters. The van der Waals surface area contributed by atoms with Crippen molar-refractivity contribution in [2.24, 2.45) is 0 Å². The molecule has 0 aliphatic carbocycles. The summed E-state index contributed by atoms with van der Waals surface area (Å²) >= 11 is 0. The number of hydrogen-bond acceptors (Lipinski definition) is 4. The van der Waals surface area contributed by atoms with Crippen LogP contribution in [0.4, 0.5) is 0 Å². The summed E-state index contributed by atoms with van der Waals surface area (Å²) < 4.78 is 33.0. The Morgan fingerprint density at radius 3 is 1.92 bits per heavy atom. The van der Waals surface area contributed by atoms with Gasteiger partial charge in [-0.2, -0.15) is 8.42 Å². The third kappa shape index (κ3) is 11.7. The molecule has 4 nitrogen and oxygen atoms in total. The lowest BCUT2D eigenvalue weighted by molar-refractivity contribution is 0.158. The molecule has 0 aromatic heterocycles. The molecule has 1 aromatic carbocycles. The van der Waals surface area contributed by atoms with Crippen molar-refractivity contribution in [3.8, 4) is 0 Å². The van der Waals surface area contributed by atoms with Gasteiger partial charge in [0.1, 0.15) is 0 Å². The molecule has 1 rings (SSSR count). The highest BCUT2D eigenvalue weighted by molar-refractivity contribution is 7.81. The van der Waals surface area contributed by atoms with Crippen LogP contribution in [0.15, 0.2) is 30.3 Å². The first-order valence-corrected chi connectivity index (χ1v) is 11.4. The van der Waals surface area contributed by atoms with E-state index in [1.165, 1.54) is 51.4 Å². The van der Waals surface area contributed by atoms with Crippen molar-refractivity contribution in [2.75, 3.05) is 7.11 Å². The second-order valence-corrected chi connectivity index (χ2v) is 8.30. The van der Waals surface area contributed by atoms with Crippen molar-refractivity contribution >= 4 is 10.4 Å². The zero-order valence-electron chi connectivity index (χ0n) is 16.5. The highest BCUT2D eigenvalue weighted by Gasteiger charge is 2.19. The Bertz CT molecular complexity index is 542. The summed E-state index contributed by atoms with van der Waals surface area (Å²) in [7, 11) is -2.77. The van der Waals surface area contributed by atoms with E-state index in [0.717, 1.165) is 31.9 Å². The monoisotopic (exact) mass is 384 g/mol. The number of hydrogen-bond donors (Lipinski definition) is 0. The van der Waals surface area contributed by atoms with Crippen molar-refractivity contribution in [1.82, 2.24) is 0 Å². The van der Waals surface area contributed by atoms with Crippen molar-refractivity contribution in [3.05, 3.63) is 35.9 Å². The molecule has 0 saturated heterocycles. The summed E-state index contributed by atoms with van der Waals surface area (Å²) in [6.07, 6.45) is 13.6. The van der Waals surface area contributed by atoms with Gasteiger partial charge >= 0.3 is 10.4 Å². The van der Waals surface area contributed by atoms with Crippen molar-refractivity contribution in [3.63, 3.8) is 0 Å². The van der Waals surface area contributed by atoms with Crippen LogP contribution in [0.25, 0.3) is 0 Å². The average molecular weight is 385 g/mol. The first-order valence-electron chi connectivity index (χ1n) is 10.1. The van der Waals surface area contributed by atoms with Crippen LogP contribution in [-0.4, -0.2) is 21.6 Å². The van der Waals surface area contributed by atoms with E-state index in [1.807, 2.05) is 30.3 Å².